The van der Waals surface area contributed by atoms with Gasteiger partial charge in [0.2, 0.25) is 0 Å². The monoisotopic (exact) mass is 254 g/mol. The van der Waals surface area contributed by atoms with Gasteiger partial charge in [-0.05, 0) is 6.92 Å². The van der Waals surface area contributed by atoms with Gasteiger partial charge in [0.05, 0.1) is 39.0 Å². The molecule has 0 atom stereocenters. The lowest BCUT2D eigenvalue weighted by Gasteiger charge is -2.06. The quantitative estimate of drug-likeness (QED) is 0.678. The van der Waals surface area contributed by atoms with E-state index in [0.717, 1.165) is 5.69 Å². The number of aryl methyl sites for hydroxylation is 1. The van der Waals surface area contributed by atoms with Crippen LogP contribution in [0, 0.1) is 0 Å². The van der Waals surface area contributed by atoms with E-state index in [1.54, 1.807) is 18.0 Å². The third kappa shape index (κ3) is 3.58. The van der Waals surface area contributed by atoms with Gasteiger partial charge in [0.1, 0.15) is 5.78 Å². The lowest BCUT2D eigenvalue weighted by atomic mass is 10.1. The molecule has 100 valence electrons. The summed E-state index contributed by atoms with van der Waals surface area (Å²) in [4.78, 5) is 22.7. The Kier molecular flexibility index (Phi) is 5.35. The summed E-state index contributed by atoms with van der Waals surface area (Å²) in [6.45, 7) is 2.61. The van der Waals surface area contributed by atoms with Gasteiger partial charge in [-0.25, -0.2) is 0 Å². The van der Waals surface area contributed by atoms with Crippen molar-refractivity contribution in [1.29, 1.82) is 0 Å². The van der Waals surface area contributed by atoms with Crippen molar-refractivity contribution < 1.29 is 19.1 Å². The van der Waals surface area contributed by atoms with Crippen LogP contribution in [-0.4, -0.2) is 35.8 Å². The normalized spacial score (nSPS) is 10.2. The Bertz CT molecular complexity index is 404. The predicted molar refractivity (Wildman–Crippen MR) is 64.4 cm³/mol. The minimum absolute atomic E-state index is 0.0334. The maximum absolute atomic E-state index is 11.8. The van der Waals surface area contributed by atoms with Crippen LogP contribution in [0.3, 0.4) is 0 Å². The van der Waals surface area contributed by atoms with Gasteiger partial charge in [0.25, 0.3) is 0 Å². The van der Waals surface area contributed by atoms with Crippen molar-refractivity contribution in [3.05, 3.63) is 11.9 Å². The highest BCUT2D eigenvalue weighted by Crippen LogP contribution is 2.18. The first-order valence-electron chi connectivity index (χ1n) is 5.79. The average molecular weight is 254 g/mol. The van der Waals surface area contributed by atoms with E-state index in [1.807, 2.05) is 6.92 Å². The van der Waals surface area contributed by atoms with Gasteiger partial charge >= 0.3 is 5.97 Å². The van der Waals surface area contributed by atoms with Gasteiger partial charge in [0, 0.05) is 13.0 Å². The Morgan fingerprint density at radius 1 is 1.33 bits per heavy atom. The molecular weight excluding hydrogens is 236 g/mol. The third-order valence-electron chi connectivity index (χ3n) is 2.63. The van der Waals surface area contributed by atoms with Crippen LogP contribution in [0.25, 0.3) is 0 Å². The van der Waals surface area contributed by atoms with Crippen LogP contribution in [0.2, 0.25) is 0 Å². The van der Waals surface area contributed by atoms with E-state index in [4.69, 9.17) is 4.74 Å². The first-order chi connectivity index (χ1) is 8.62. The van der Waals surface area contributed by atoms with Crippen molar-refractivity contribution in [2.75, 3.05) is 14.2 Å². The number of aromatic nitrogens is 2. The fraction of sp³-hybridized carbons (Fsp3) is 0.583. The summed E-state index contributed by atoms with van der Waals surface area (Å²) >= 11 is 0. The molecule has 0 radical (unpaired) electrons. The molecule has 0 saturated carbocycles. The summed E-state index contributed by atoms with van der Waals surface area (Å²) in [6, 6.07) is 0. The Morgan fingerprint density at radius 2 is 2.06 bits per heavy atom. The number of ether oxygens (including phenoxy) is 2. The molecule has 6 heteroatoms. The molecule has 0 spiro atoms. The minimum atomic E-state index is -0.376. The zero-order chi connectivity index (χ0) is 13.5. The van der Waals surface area contributed by atoms with Gasteiger partial charge in [-0.1, -0.05) is 0 Å². The van der Waals surface area contributed by atoms with Crippen LogP contribution >= 0.6 is 0 Å². The van der Waals surface area contributed by atoms with E-state index >= 15 is 0 Å². The van der Waals surface area contributed by atoms with Gasteiger partial charge in [0.15, 0.2) is 5.75 Å². The largest absolute Gasteiger partial charge is 0.493 e. The molecule has 1 aromatic heterocycles. The number of esters is 1. The third-order valence-corrected chi connectivity index (χ3v) is 2.63. The summed E-state index contributed by atoms with van der Waals surface area (Å²) in [5.41, 5.74) is 0.745. The molecular formula is C12H18N2O4. The van der Waals surface area contributed by atoms with Gasteiger partial charge in [-0.2, -0.15) is 5.10 Å². The van der Waals surface area contributed by atoms with Crippen LogP contribution in [0.15, 0.2) is 6.20 Å². The maximum atomic E-state index is 11.8. The highest BCUT2D eigenvalue weighted by molar-refractivity contribution is 5.84. The molecule has 0 N–H and O–H groups in total. The molecule has 18 heavy (non-hydrogen) atoms. The first-order valence-corrected chi connectivity index (χ1v) is 5.79. The Morgan fingerprint density at radius 3 is 2.61 bits per heavy atom. The summed E-state index contributed by atoms with van der Waals surface area (Å²) < 4.78 is 11.4. The minimum Gasteiger partial charge on any atom is -0.493 e. The molecule has 0 fully saturated rings. The average Bonchev–Trinajstić information content (AvgIpc) is 2.77. The molecule has 0 unspecified atom stereocenters. The number of ketones is 1. The number of nitrogens with zero attached hydrogens (tertiary/aromatic N) is 2. The van der Waals surface area contributed by atoms with Crippen molar-refractivity contribution in [2.45, 2.75) is 32.7 Å². The predicted octanol–water partition coefficient (Wildman–Crippen LogP) is 0.976. The number of rotatable bonds is 7. The van der Waals surface area contributed by atoms with Crippen LogP contribution in [0.4, 0.5) is 0 Å². The van der Waals surface area contributed by atoms with Crippen molar-refractivity contribution in [3.63, 3.8) is 0 Å². The summed E-state index contributed by atoms with van der Waals surface area (Å²) in [5, 5.41) is 4.12. The lowest BCUT2D eigenvalue weighted by molar-refractivity contribution is -0.141. The highest BCUT2D eigenvalue weighted by Gasteiger charge is 2.15. The summed E-state index contributed by atoms with van der Waals surface area (Å²) in [5.74, 6) is 0.191. The molecule has 0 aliphatic carbocycles. The topological polar surface area (TPSA) is 70.4 Å². The van der Waals surface area contributed by atoms with Crippen LogP contribution in [0.5, 0.6) is 5.75 Å². The van der Waals surface area contributed by atoms with Gasteiger partial charge < -0.3 is 9.47 Å². The molecule has 0 aliphatic heterocycles. The first kappa shape index (κ1) is 14.2. The smallest absolute Gasteiger partial charge is 0.305 e. The molecule has 1 rings (SSSR count). The number of methoxy groups -OCH3 is 2. The number of Topliss-reactive ketones (excluding diaryl/α,β-unsaturated/α-hetero) is 1. The van der Waals surface area contributed by atoms with E-state index < -0.39 is 0 Å². The Balaban J connectivity index is 2.63. The van der Waals surface area contributed by atoms with Crippen molar-refractivity contribution >= 4 is 11.8 Å². The van der Waals surface area contributed by atoms with E-state index in [0.29, 0.717) is 12.3 Å². The van der Waals surface area contributed by atoms with Crippen molar-refractivity contribution in [3.8, 4) is 5.75 Å². The number of hydrogen-bond acceptors (Lipinski definition) is 5. The summed E-state index contributed by atoms with van der Waals surface area (Å²) in [6.07, 6.45) is 2.09. The van der Waals surface area contributed by atoms with Gasteiger partial charge in [-0.15, -0.1) is 0 Å². The Hall–Kier alpha value is -1.85. The maximum Gasteiger partial charge on any atom is 0.305 e. The zero-order valence-corrected chi connectivity index (χ0v) is 10.9. The standard InChI is InChI=1S/C12H18N2O4/c1-4-14-10(11(17-2)8-13-14)7-9(15)5-6-12(16)18-3/h8H,4-7H2,1-3H3. The molecule has 0 saturated heterocycles. The zero-order valence-electron chi connectivity index (χ0n) is 10.9. The van der Waals surface area contributed by atoms with Crippen LogP contribution in [0.1, 0.15) is 25.5 Å². The molecule has 0 bridgehead atoms. The molecule has 1 aromatic rings. The second-order valence-electron chi connectivity index (χ2n) is 3.77. The van der Waals surface area contributed by atoms with E-state index in [-0.39, 0.29) is 31.0 Å². The van der Waals surface area contributed by atoms with E-state index in [9.17, 15) is 9.59 Å². The fourth-order valence-electron chi connectivity index (χ4n) is 1.63. The van der Waals surface area contributed by atoms with Crippen LogP contribution in [-0.2, 0) is 27.3 Å². The molecule has 0 aliphatic rings. The lowest BCUT2D eigenvalue weighted by Crippen LogP contribution is -2.12. The number of carbonyl (C=O) groups excluding carboxylic acids is 2. The van der Waals surface area contributed by atoms with E-state index in [1.165, 1.54) is 7.11 Å². The van der Waals surface area contributed by atoms with Crippen molar-refractivity contribution in [2.24, 2.45) is 0 Å². The van der Waals surface area contributed by atoms with Gasteiger partial charge in [-0.3, -0.25) is 14.3 Å². The fourth-order valence-corrected chi connectivity index (χ4v) is 1.63. The second-order valence-corrected chi connectivity index (χ2v) is 3.77. The molecule has 0 aromatic carbocycles. The molecule has 6 nitrogen and oxygen atoms in total. The Labute approximate surface area is 106 Å². The summed E-state index contributed by atoms with van der Waals surface area (Å²) in [7, 11) is 2.85. The second kappa shape index (κ2) is 6.78. The molecule has 0 amide bonds. The van der Waals surface area contributed by atoms with Crippen molar-refractivity contribution in [1.82, 2.24) is 9.78 Å². The molecule has 1 heterocycles. The number of carbonyl (C=O) groups is 2. The van der Waals surface area contributed by atoms with Crippen LogP contribution < -0.4 is 4.74 Å². The van der Waals surface area contributed by atoms with E-state index in [2.05, 4.69) is 9.84 Å². The highest BCUT2D eigenvalue weighted by atomic mass is 16.5. The SMILES string of the molecule is CCn1ncc(OC)c1CC(=O)CCC(=O)OC. The number of hydrogen-bond donors (Lipinski definition) is 0.